The van der Waals surface area contributed by atoms with Gasteiger partial charge in [-0.15, -0.1) is 0 Å². The third kappa shape index (κ3) is 3.59. The minimum absolute atomic E-state index is 0.0425. The van der Waals surface area contributed by atoms with Crippen molar-refractivity contribution in [2.75, 3.05) is 10.2 Å². The Labute approximate surface area is 180 Å². The molecule has 6 nitrogen and oxygen atoms in total. The Morgan fingerprint density at radius 3 is 2.44 bits per heavy atom. The van der Waals surface area contributed by atoms with E-state index in [-0.39, 0.29) is 24.1 Å². The van der Waals surface area contributed by atoms with Crippen molar-refractivity contribution in [1.82, 2.24) is 5.32 Å². The molecule has 1 heterocycles. The molecule has 0 bridgehead atoms. The van der Waals surface area contributed by atoms with Gasteiger partial charge in [-0.05, 0) is 68.1 Å². The van der Waals surface area contributed by atoms with Crippen LogP contribution < -0.4 is 15.5 Å². The van der Waals surface area contributed by atoms with Gasteiger partial charge in [-0.2, -0.15) is 13.2 Å². The van der Waals surface area contributed by atoms with Crippen LogP contribution in [0, 0.1) is 12.7 Å². The number of nitrogens with one attached hydrogen (secondary N) is 2. The summed E-state index contributed by atoms with van der Waals surface area (Å²) in [4.78, 5) is 38.5. The Morgan fingerprint density at radius 1 is 1.19 bits per heavy atom. The first kappa shape index (κ1) is 21.8. The van der Waals surface area contributed by atoms with Crippen LogP contribution in [0.15, 0.2) is 36.4 Å². The molecule has 2 aliphatic rings. The summed E-state index contributed by atoms with van der Waals surface area (Å²) in [6, 6.07) is 5.51. The van der Waals surface area contributed by atoms with Gasteiger partial charge in [-0.25, -0.2) is 14.1 Å². The summed E-state index contributed by atoms with van der Waals surface area (Å²) in [6.45, 7) is 3.16. The van der Waals surface area contributed by atoms with Gasteiger partial charge in [-0.1, -0.05) is 6.07 Å². The lowest BCUT2D eigenvalue weighted by Gasteiger charge is -2.21. The molecule has 0 radical (unpaired) electrons. The molecule has 1 saturated heterocycles. The van der Waals surface area contributed by atoms with Crippen LogP contribution in [0.3, 0.4) is 0 Å². The Morgan fingerprint density at radius 2 is 1.88 bits per heavy atom. The maximum Gasteiger partial charge on any atom is 0.416 e. The van der Waals surface area contributed by atoms with Crippen LogP contribution in [0.4, 0.5) is 33.7 Å². The summed E-state index contributed by atoms with van der Waals surface area (Å²) < 4.78 is 53.2. The van der Waals surface area contributed by atoms with Gasteiger partial charge in [0.25, 0.3) is 5.91 Å². The fraction of sp³-hybridized carbons (Fsp3) is 0.318. The zero-order valence-corrected chi connectivity index (χ0v) is 17.1. The van der Waals surface area contributed by atoms with E-state index in [1.54, 1.807) is 32.0 Å². The van der Waals surface area contributed by atoms with Gasteiger partial charge in [0.1, 0.15) is 11.9 Å². The van der Waals surface area contributed by atoms with Crippen LogP contribution in [0.5, 0.6) is 0 Å². The van der Waals surface area contributed by atoms with Gasteiger partial charge in [-0.3, -0.25) is 9.59 Å². The highest BCUT2D eigenvalue weighted by Gasteiger charge is 2.52. The van der Waals surface area contributed by atoms with Crippen molar-refractivity contribution in [2.45, 2.75) is 44.3 Å². The van der Waals surface area contributed by atoms with Gasteiger partial charge in [0.2, 0.25) is 5.91 Å². The van der Waals surface area contributed by atoms with Crippen molar-refractivity contribution in [3.05, 3.63) is 58.9 Å². The number of rotatable bonds is 4. The first-order valence-corrected chi connectivity index (χ1v) is 9.88. The molecule has 32 heavy (non-hydrogen) atoms. The molecule has 0 aromatic heterocycles. The fourth-order valence-electron chi connectivity index (χ4n) is 3.88. The summed E-state index contributed by atoms with van der Waals surface area (Å²) in [7, 11) is 0. The molecule has 168 valence electrons. The first-order valence-electron chi connectivity index (χ1n) is 9.88. The number of urea groups is 1. The van der Waals surface area contributed by atoms with E-state index >= 15 is 0 Å². The average molecular weight is 449 g/mol. The Hall–Kier alpha value is -3.43. The molecular weight excluding hydrogens is 430 g/mol. The van der Waals surface area contributed by atoms with Crippen LogP contribution in [0.2, 0.25) is 0 Å². The number of hydrogen-bond acceptors (Lipinski definition) is 3. The Kier molecular flexibility index (Phi) is 4.98. The van der Waals surface area contributed by atoms with Gasteiger partial charge in [0, 0.05) is 5.69 Å². The number of benzene rings is 2. The van der Waals surface area contributed by atoms with Crippen LogP contribution in [0.1, 0.15) is 36.5 Å². The predicted molar refractivity (Wildman–Crippen MR) is 108 cm³/mol. The maximum atomic E-state index is 13.9. The molecule has 1 aliphatic carbocycles. The average Bonchev–Trinajstić information content (AvgIpc) is 3.47. The standard InChI is InChI=1S/C22H19F4N3O3/c1-11-16(4-3-5-17(11)29-18(30)12(2)27-20(29)32)28-19(31)21(6-7-21)13-8-14(22(24,25)26)10-15(23)9-13/h3-5,8-10,12H,6-7H2,1-2H3,(H,27,32)(H,28,31). The van der Waals surface area contributed by atoms with Crippen LogP contribution in [-0.4, -0.2) is 23.9 Å². The Balaban J connectivity index is 1.64. The highest BCUT2D eigenvalue weighted by molar-refractivity contribution is 6.22. The lowest BCUT2D eigenvalue weighted by atomic mass is 9.92. The second-order valence-electron chi connectivity index (χ2n) is 8.06. The molecule has 2 aromatic rings. The van der Waals surface area contributed by atoms with Crippen molar-refractivity contribution < 1.29 is 31.9 Å². The van der Waals surface area contributed by atoms with E-state index in [1.807, 2.05) is 0 Å². The minimum Gasteiger partial charge on any atom is -0.326 e. The first-order chi connectivity index (χ1) is 14.9. The van der Waals surface area contributed by atoms with Gasteiger partial charge in [0.15, 0.2) is 0 Å². The topological polar surface area (TPSA) is 78.5 Å². The van der Waals surface area contributed by atoms with E-state index < -0.39 is 46.9 Å². The second-order valence-corrected chi connectivity index (χ2v) is 8.06. The summed E-state index contributed by atoms with van der Waals surface area (Å²) >= 11 is 0. The molecule has 0 spiro atoms. The molecule has 4 rings (SSSR count). The summed E-state index contributed by atoms with van der Waals surface area (Å²) in [5.41, 5.74) is -1.46. The van der Waals surface area contributed by atoms with Crippen molar-refractivity contribution >= 4 is 29.2 Å². The molecule has 2 fully saturated rings. The van der Waals surface area contributed by atoms with Gasteiger partial charge in [0.05, 0.1) is 16.7 Å². The molecule has 2 aromatic carbocycles. The van der Waals surface area contributed by atoms with Crippen molar-refractivity contribution in [2.24, 2.45) is 0 Å². The van der Waals surface area contributed by atoms with Crippen LogP contribution in [-0.2, 0) is 21.2 Å². The molecule has 1 saturated carbocycles. The van der Waals surface area contributed by atoms with E-state index in [0.29, 0.717) is 17.3 Å². The molecular formula is C22H19F4N3O3. The highest BCUT2D eigenvalue weighted by Crippen LogP contribution is 2.50. The van der Waals surface area contributed by atoms with E-state index in [4.69, 9.17) is 0 Å². The van der Waals surface area contributed by atoms with Crippen molar-refractivity contribution in [3.63, 3.8) is 0 Å². The smallest absolute Gasteiger partial charge is 0.326 e. The number of alkyl halides is 3. The largest absolute Gasteiger partial charge is 0.416 e. The van der Waals surface area contributed by atoms with Gasteiger partial charge < -0.3 is 10.6 Å². The molecule has 10 heteroatoms. The predicted octanol–water partition coefficient (Wildman–Crippen LogP) is 4.27. The number of anilines is 2. The number of carbonyl (C=O) groups is 3. The number of carbonyl (C=O) groups excluding carboxylic acids is 3. The maximum absolute atomic E-state index is 13.9. The zero-order chi connectivity index (χ0) is 23.4. The third-order valence-electron chi connectivity index (χ3n) is 5.89. The number of nitrogens with zero attached hydrogens (tertiary/aromatic N) is 1. The SMILES string of the molecule is Cc1c(NC(=O)C2(c3cc(F)cc(C(F)(F)F)c3)CC2)cccc1N1C(=O)NC(C)C1=O. The van der Waals surface area contributed by atoms with E-state index in [1.165, 1.54) is 0 Å². The Bertz CT molecular complexity index is 1140. The third-order valence-corrected chi connectivity index (χ3v) is 5.89. The van der Waals surface area contributed by atoms with Crippen LogP contribution >= 0.6 is 0 Å². The summed E-state index contributed by atoms with van der Waals surface area (Å²) in [5.74, 6) is -2.10. The van der Waals surface area contributed by atoms with Crippen LogP contribution in [0.25, 0.3) is 0 Å². The van der Waals surface area contributed by atoms with E-state index in [9.17, 15) is 31.9 Å². The molecule has 1 aliphatic heterocycles. The zero-order valence-electron chi connectivity index (χ0n) is 17.1. The number of halogens is 4. The summed E-state index contributed by atoms with van der Waals surface area (Å²) in [5, 5.41) is 5.19. The minimum atomic E-state index is -4.74. The van der Waals surface area contributed by atoms with Crippen molar-refractivity contribution in [1.29, 1.82) is 0 Å². The number of imide groups is 1. The molecule has 1 atom stereocenters. The number of amides is 4. The molecule has 4 amide bonds. The van der Waals surface area contributed by atoms with Gasteiger partial charge >= 0.3 is 12.2 Å². The molecule has 2 N–H and O–H groups in total. The monoisotopic (exact) mass is 449 g/mol. The second kappa shape index (κ2) is 7.32. The highest BCUT2D eigenvalue weighted by atomic mass is 19.4. The lowest BCUT2D eigenvalue weighted by Crippen LogP contribution is -2.32. The quantitative estimate of drug-likeness (QED) is 0.541. The normalized spacial score (nSPS) is 19.7. The summed E-state index contributed by atoms with van der Waals surface area (Å²) in [6.07, 6.45) is -4.21. The number of hydrogen-bond donors (Lipinski definition) is 2. The molecule has 1 unspecified atom stereocenters. The van der Waals surface area contributed by atoms with Crippen molar-refractivity contribution in [3.8, 4) is 0 Å². The van der Waals surface area contributed by atoms with E-state index in [0.717, 1.165) is 17.0 Å². The fourth-order valence-corrected chi connectivity index (χ4v) is 3.88. The van der Waals surface area contributed by atoms with E-state index in [2.05, 4.69) is 10.6 Å². The lowest BCUT2D eigenvalue weighted by molar-refractivity contribution is -0.138.